The standard InChI is InChI=1S/C69H123NO10/c1-3-5-7-9-11-13-15-36-39-43-47-51-55-62(72)61(60-79-69-68(77)67(76)66(75)63(59-71)80-69)70-64(73)56-52-48-44-40-37-33-31-29-27-25-23-21-19-17-16-18-20-22-24-26-28-30-32-34-38-42-46-50-54-58-78-65(74)57-53-49-45-41-35-14-12-10-8-6-4-2/h9-12,16,18,22,24,36,39,51,55,61-63,66-69,71-72,75-77H,3-8,13-15,17,19-21,23,25-35,37-38,40-50,52-54,56-60H2,1-2H3,(H,70,73)/b11-9+,12-10-,18-16-,24-22-,39-36+,55-51+. The van der Waals surface area contributed by atoms with Crippen LogP contribution in [0.4, 0.5) is 0 Å². The summed E-state index contributed by atoms with van der Waals surface area (Å²) in [6.45, 7) is 4.24. The first-order chi connectivity index (χ1) is 39.2. The Labute approximate surface area is 490 Å². The summed E-state index contributed by atoms with van der Waals surface area (Å²) in [4.78, 5) is 25.0. The Hall–Kier alpha value is -2.90. The van der Waals surface area contributed by atoms with Gasteiger partial charge in [0.2, 0.25) is 5.91 Å². The van der Waals surface area contributed by atoms with Gasteiger partial charge in [-0.2, -0.15) is 0 Å². The van der Waals surface area contributed by atoms with Gasteiger partial charge in [0, 0.05) is 12.8 Å². The zero-order valence-corrected chi connectivity index (χ0v) is 51.3. The van der Waals surface area contributed by atoms with E-state index in [4.69, 9.17) is 14.2 Å². The van der Waals surface area contributed by atoms with E-state index in [0.29, 0.717) is 19.4 Å². The van der Waals surface area contributed by atoms with E-state index in [2.05, 4.69) is 79.9 Å². The summed E-state index contributed by atoms with van der Waals surface area (Å²) in [5, 5.41) is 54.4. The van der Waals surface area contributed by atoms with Gasteiger partial charge in [-0.1, -0.05) is 247 Å². The topological polar surface area (TPSA) is 175 Å². The molecule has 6 N–H and O–H groups in total. The van der Waals surface area contributed by atoms with Gasteiger partial charge in [0.15, 0.2) is 6.29 Å². The number of hydrogen-bond donors (Lipinski definition) is 6. The number of esters is 1. The fraction of sp³-hybridized carbons (Fsp3) is 0.797. The van der Waals surface area contributed by atoms with Crippen molar-refractivity contribution < 1.29 is 49.3 Å². The molecule has 0 aromatic rings. The largest absolute Gasteiger partial charge is 0.466 e. The van der Waals surface area contributed by atoms with Gasteiger partial charge >= 0.3 is 5.97 Å². The van der Waals surface area contributed by atoms with Gasteiger partial charge < -0.3 is 45.1 Å². The monoisotopic (exact) mass is 1130 g/mol. The molecule has 0 aromatic heterocycles. The third-order valence-electron chi connectivity index (χ3n) is 15.2. The Morgan fingerprint density at radius 1 is 0.463 bits per heavy atom. The smallest absolute Gasteiger partial charge is 0.305 e. The summed E-state index contributed by atoms with van der Waals surface area (Å²) in [5.41, 5.74) is 0. The third kappa shape index (κ3) is 46.6. The molecular weight excluding hydrogens is 1000 g/mol. The van der Waals surface area contributed by atoms with E-state index in [1.54, 1.807) is 6.08 Å². The molecule has 1 aliphatic rings. The molecule has 7 atom stereocenters. The highest BCUT2D eigenvalue weighted by atomic mass is 16.7. The van der Waals surface area contributed by atoms with Crippen molar-refractivity contribution in [2.24, 2.45) is 0 Å². The van der Waals surface area contributed by atoms with Crippen LogP contribution < -0.4 is 5.32 Å². The van der Waals surface area contributed by atoms with Crippen LogP contribution >= 0.6 is 0 Å². The van der Waals surface area contributed by atoms with Gasteiger partial charge in [0.1, 0.15) is 24.4 Å². The van der Waals surface area contributed by atoms with Crippen molar-refractivity contribution in [2.75, 3.05) is 19.8 Å². The van der Waals surface area contributed by atoms with Crippen LogP contribution in [0.15, 0.2) is 72.9 Å². The molecule has 1 rings (SSSR count). The molecule has 1 saturated heterocycles. The summed E-state index contributed by atoms with van der Waals surface area (Å²) in [6, 6.07) is -0.837. The lowest BCUT2D eigenvalue weighted by atomic mass is 9.99. The van der Waals surface area contributed by atoms with Crippen molar-refractivity contribution in [2.45, 2.75) is 333 Å². The lowest BCUT2D eigenvalue weighted by Crippen LogP contribution is -2.60. The summed E-state index contributed by atoms with van der Waals surface area (Å²) in [7, 11) is 0. The number of nitrogens with one attached hydrogen (secondary N) is 1. The van der Waals surface area contributed by atoms with Crippen LogP contribution in [0.1, 0.15) is 290 Å². The molecule has 11 nitrogen and oxygen atoms in total. The number of aliphatic hydroxyl groups excluding tert-OH is 5. The minimum absolute atomic E-state index is 0.00904. The predicted molar refractivity (Wildman–Crippen MR) is 333 cm³/mol. The highest BCUT2D eigenvalue weighted by Crippen LogP contribution is 2.23. The Morgan fingerprint density at radius 2 is 0.850 bits per heavy atom. The number of rotatable bonds is 57. The van der Waals surface area contributed by atoms with Crippen LogP contribution in [0.25, 0.3) is 0 Å². The van der Waals surface area contributed by atoms with Crippen LogP contribution in [-0.4, -0.2) is 100 Å². The van der Waals surface area contributed by atoms with E-state index in [0.717, 1.165) is 77.0 Å². The molecule has 0 saturated carbocycles. The number of unbranched alkanes of at least 4 members (excludes halogenated alkanes) is 33. The van der Waals surface area contributed by atoms with Crippen LogP contribution in [0, 0.1) is 0 Å². The van der Waals surface area contributed by atoms with Gasteiger partial charge in [-0.05, 0) is 103 Å². The number of ether oxygens (including phenoxy) is 3. The normalized spacial score (nSPS) is 18.8. The number of amides is 1. The minimum atomic E-state index is -1.58. The van der Waals surface area contributed by atoms with Crippen molar-refractivity contribution in [3.63, 3.8) is 0 Å². The molecule has 1 aliphatic heterocycles. The first kappa shape index (κ1) is 75.1. The van der Waals surface area contributed by atoms with Crippen LogP contribution in [0.3, 0.4) is 0 Å². The van der Waals surface area contributed by atoms with Crippen molar-refractivity contribution in [3.05, 3.63) is 72.9 Å². The third-order valence-corrected chi connectivity index (χ3v) is 15.2. The average molecular weight is 1130 g/mol. The highest BCUT2D eigenvalue weighted by Gasteiger charge is 2.44. The van der Waals surface area contributed by atoms with Crippen molar-refractivity contribution >= 4 is 11.9 Å². The zero-order valence-electron chi connectivity index (χ0n) is 51.3. The van der Waals surface area contributed by atoms with Crippen LogP contribution in [-0.2, 0) is 23.8 Å². The Morgan fingerprint density at radius 3 is 1.31 bits per heavy atom. The van der Waals surface area contributed by atoms with Gasteiger partial charge in [-0.15, -0.1) is 0 Å². The van der Waals surface area contributed by atoms with E-state index in [9.17, 15) is 35.1 Å². The Balaban J connectivity index is 2.01. The lowest BCUT2D eigenvalue weighted by molar-refractivity contribution is -0.302. The maximum Gasteiger partial charge on any atom is 0.305 e. The molecule has 0 radical (unpaired) electrons. The second-order valence-electron chi connectivity index (χ2n) is 22.8. The predicted octanol–water partition coefficient (Wildman–Crippen LogP) is 16.3. The number of allylic oxidation sites excluding steroid dienone is 11. The molecular formula is C69H123NO10. The molecule has 0 bridgehead atoms. The second-order valence-corrected chi connectivity index (χ2v) is 22.8. The van der Waals surface area contributed by atoms with Gasteiger partial charge in [-0.3, -0.25) is 9.59 Å². The Bertz CT molecular complexity index is 1560. The molecule has 11 heteroatoms. The SMILES string of the molecule is CCCC/C=C\CCCCCCCC(=O)OCCCCCCCCCCC/C=C\C/C=C\CCCCCCCCCCCCCCCC(=O)NC(COC1OC(CO)C(O)C(O)C1O)C(O)/C=C/CC/C=C/CC/C=C/CCCC. The second kappa shape index (κ2) is 57.9. The molecule has 1 fully saturated rings. The van der Waals surface area contributed by atoms with E-state index >= 15 is 0 Å². The molecule has 464 valence electrons. The summed E-state index contributed by atoms with van der Waals surface area (Å²) < 4.78 is 16.7. The molecule has 0 aliphatic carbocycles. The minimum Gasteiger partial charge on any atom is -0.466 e. The van der Waals surface area contributed by atoms with E-state index in [-0.39, 0.29) is 18.5 Å². The van der Waals surface area contributed by atoms with Crippen LogP contribution in [0.5, 0.6) is 0 Å². The average Bonchev–Trinajstić information content (AvgIpc) is 3.47. The number of hydrogen-bond acceptors (Lipinski definition) is 10. The van der Waals surface area contributed by atoms with Crippen molar-refractivity contribution in [3.8, 4) is 0 Å². The van der Waals surface area contributed by atoms with E-state index in [1.165, 1.54) is 186 Å². The fourth-order valence-electron chi connectivity index (χ4n) is 9.93. The number of carbonyl (C=O) groups excluding carboxylic acids is 2. The molecule has 0 spiro atoms. The highest BCUT2D eigenvalue weighted by molar-refractivity contribution is 5.76. The van der Waals surface area contributed by atoms with E-state index in [1.807, 2.05) is 6.08 Å². The maximum absolute atomic E-state index is 13.0. The number of carbonyl (C=O) groups is 2. The molecule has 0 aromatic carbocycles. The quantitative estimate of drug-likeness (QED) is 0.0195. The fourth-order valence-corrected chi connectivity index (χ4v) is 9.93. The van der Waals surface area contributed by atoms with Gasteiger partial charge in [-0.25, -0.2) is 0 Å². The first-order valence-corrected chi connectivity index (χ1v) is 33.2. The summed E-state index contributed by atoms with van der Waals surface area (Å²) >= 11 is 0. The van der Waals surface area contributed by atoms with E-state index < -0.39 is 49.5 Å². The Kier molecular flexibility index (Phi) is 54.4. The number of aliphatic hydroxyl groups is 5. The first-order valence-electron chi connectivity index (χ1n) is 33.2. The van der Waals surface area contributed by atoms with Crippen molar-refractivity contribution in [1.29, 1.82) is 0 Å². The molecule has 80 heavy (non-hydrogen) atoms. The summed E-state index contributed by atoms with van der Waals surface area (Å²) in [6.07, 6.45) is 67.4. The zero-order chi connectivity index (χ0) is 58.0. The molecule has 1 heterocycles. The van der Waals surface area contributed by atoms with Gasteiger partial charge in [0.25, 0.3) is 0 Å². The molecule has 1 amide bonds. The molecule has 7 unspecified atom stereocenters. The van der Waals surface area contributed by atoms with Crippen molar-refractivity contribution in [1.82, 2.24) is 5.32 Å². The van der Waals surface area contributed by atoms with Crippen LogP contribution in [0.2, 0.25) is 0 Å². The van der Waals surface area contributed by atoms with Gasteiger partial charge in [0.05, 0.1) is 32.0 Å². The maximum atomic E-state index is 13.0. The summed E-state index contributed by atoms with van der Waals surface area (Å²) in [5.74, 6) is -0.208. The lowest BCUT2D eigenvalue weighted by Gasteiger charge is -2.40.